The molecule has 0 amide bonds. The molecule has 1 unspecified atom stereocenters. The molecule has 0 bridgehead atoms. The molecule has 5 rings (SSSR count). The molecule has 1 atom stereocenters. The van der Waals surface area contributed by atoms with Gasteiger partial charge in [-0.05, 0) is 41.7 Å². The zero-order valence-corrected chi connectivity index (χ0v) is 17.0. The van der Waals surface area contributed by atoms with Crippen LogP contribution in [0, 0.1) is 5.41 Å². The molecule has 1 aliphatic carbocycles. The third-order valence-corrected chi connectivity index (χ3v) is 6.05. The Bertz CT molecular complexity index is 1180. The Hall–Kier alpha value is -3.14. The summed E-state index contributed by atoms with van der Waals surface area (Å²) < 4.78 is 5.63. The summed E-state index contributed by atoms with van der Waals surface area (Å²) in [6.07, 6.45) is 3.23. The lowest BCUT2D eigenvalue weighted by Gasteiger charge is -2.40. The molecule has 4 heteroatoms. The number of benzene rings is 2. The number of carbonyl (C=O) groups excluding carboxylic acids is 1. The number of nitrogens with zero attached hydrogens (tertiary/aromatic N) is 1. The lowest BCUT2D eigenvalue weighted by atomic mass is 9.68. The summed E-state index contributed by atoms with van der Waals surface area (Å²) >= 11 is 0. The molecule has 2 heterocycles. The van der Waals surface area contributed by atoms with E-state index in [1.807, 2.05) is 42.6 Å². The Morgan fingerprint density at radius 1 is 1.07 bits per heavy atom. The number of rotatable bonds is 2. The first-order valence-electron chi connectivity index (χ1n) is 10.0. The number of hydrogen-bond acceptors (Lipinski definition) is 4. The summed E-state index contributed by atoms with van der Waals surface area (Å²) in [7, 11) is 1.68. The highest BCUT2D eigenvalue weighted by Crippen LogP contribution is 2.52. The highest BCUT2D eigenvalue weighted by Gasteiger charge is 2.41. The predicted molar refractivity (Wildman–Crippen MR) is 116 cm³/mol. The molecule has 0 saturated carbocycles. The lowest BCUT2D eigenvalue weighted by Crippen LogP contribution is -2.33. The smallest absolute Gasteiger partial charge is 0.162 e. The molecule has 0 radical (unpaired) electrons. The van der Waals surface area contributed by atoms with E-state index in [1.165, 1.54) is 0 Å². The van der Waals surface area contributed by atoms with Gasteiger partial charge >= 0.3 is 0 Å². The normalized spacial score (nSPS) is 20.1. The maximum absolute atomic E-state index is 13.4. The van der Waals surface area contributed by atoms with Crippen LogP contribution in [0.1, 0.15) is 43.9 Å². The average Bonchev–Trinajstić information content (AvgIpc) is 2.71. The number of Topliss-reactive ketones (excluding diaryl/α,β-unsaturated/α-hetero) is 1. The van der Waals surface area contributed by atoms with Crippen molar-refractivity contribution in [1.29, 1.82) is 0 Å². The second kappa shape index (κ2) is 6.45. The van der Waals surface area contributed by atoms with Gasteiger partial charge in [0.15, 0.2) is 5.78 Å². The third kappa shape index (κ3) is 2.82. The Morgan fingerprint density at radius 3 is 2.72 bits per heavy atom. The number of ketones is 1. The van der Waals surface area contributed by atoms with Crippen molar-refractivity contribution in [1.82, 2.24) is 4.98 Å². The summed E-state index contributed by atoms with van der Waals surface area (Å²) in [5.41, 5.74) is 6.06. The summed E-state index contributed by atoms with van der Waals surface area (Å²) in [4.78, 5) is 18.0. The van der Waals surface area contributed by atoms with Gasteiger partial charge < -0.3 is 10.1 Å². The van der Waals surface area contributed by atoms with E-state index in [0.29, 0.717) is 6.42 Å². The molecule has 2 aliphatic rings. The minimum atomic E-state index is -0.216. The second-order valence-electron chi connectivity index (χ2n) is 8.71. The maximum Gasteiger partial charge on any atom is 0.162 e. The number of methoxy groups -OCH3 is 1. The largest absolute Gasteiger partial charge is 0.496 e. The molecular formula is C25H24N2O2. The summed E-state index contributed by atoms with van der Waals surface area (Å²) in [6.45, 7) is 4.36. The Balaban J connectivity index is 1.82. The number of nitrogens with one attached hydrogen (secondary N) is 1. The van der Waals surface area contributed by atoms with Crippen LogP contribution in [0.2, 0.25) is 0 Å². The van der Waals surface area contributed by atoms with E-state index in [0.717, 1.165) is 51.0 Å². The number of ether oxygens (including phenoxy) is 1. The second-order valence-corrected chi connectivity index (χ2v) is 8.71. The van der Waals surface area contributed by atoms with Crippen LogP contribution >= 0.6 is 0 Å². The van der Waals surface area contributed by atoms with Gasteiger partial charge in [0.05, 0.1) is 18.7 Å². The predicted octanol–water partition coefficient (Wildman–Crippen LogP) is 5.55. The van der Waals surface area contributed by atoms with E-state index in [-0.39, 0.29) is 17.2 Å². The number of hydrogen-bond donors (Lipinski definition) is 1. The molecule has 4 nitrogen and oxygen atoms in total. The summed E-state index contributed by atoms with van der Waals surface area (Å²) in [5, 5.41) is 4.74. The average molecular weight is 384 g/mol. The van der Waals surface area contributed by atoms with Gasteiger partial charge in [-0.25, -0.2) is 0 Å². The van der Waals surface area contributed by atoms with Crippen molar-refractivity contribution >= 4 is 27.9 Å². The van der Waals surface area contributed by atoms with Crippen molar-refractivity contribution in [2.75, 3.05) is 12.4 Å². The van der Waals surface area contributed by atoms with Crippen molar-refractivity contribution in [3.05, 3.63) is 71.4 Å². The molecule has 0 saturated heterocycles. The number of allylic oxidation sites excluding steroid dienone is 1. The van der Waals surface area contributed by atoms with Crippen LogP contribution in [0.3, 0.4) is 0 Å². The van der Waals surface area contributed by atoms with Crippen LogP contribution in [0.25, 0.3) is 16.5 Å². The highest BCUT2D eigenvalue weighted by atomic mass is 16.5. The molecule has 29 heavy (non-hydrogen) atoms. The van der Waals surface area contributed by atoms with Crippen molar-refractivity contribution < 1.29 is 9.53 Å². The zero-order valence-electron chi connectivity index (χ0n) is 17.0. The van der Waals surface area contributed by atoms with Crippen LogP contribution in [0.4, 0.5) is 5.69 Å². The molecule has 2 aromatic carbocycles. The van der Waals surface area contributed by atoms with Crippen molar-refractivity contribution in [3.63, 3.8) is 0 Å². The molecule has 1 aliphatic heterocycles. The number of pyridine rings is 1. The third-order valence-electron chi connectivity index (χ3n) is 6.05. The monoisotopic (exact) mass is 384 g/mol. The molecule has 0 spiro atoms. The van der Waals surface area contributed by atoms with Gasteiger partial charge in [0.2, 0.25) is 0 Å². The molecule has 0 fully saturated rings. The number of aromatic nitrogens is 1. The zero-order chi connectivity index (χ0) is 20.2. The topological polar surface area (TPSA) is 51.2 Å². The fourth-order valence-electron chi connectivity index (χ4n) is 4.86. The molecule has 146 valence electrons. The fraction of sp³-hybridized carbons (Fsp3) is 0.280. The minimum Gasteiger partial charge on any atom is -0.496 e. The Kier molecular flexibility index (Phi) is 3.98. The summed E-state index contributed by atoms with van der Waals surface area (Å²) in [5.74, 6) is 1.01. The Morgan fingerprint density at radius 2 is 1.90 bits per heavy atom. The van der Waals surface area contributed by atoms with Crippen molar-refractivity contribution in [2.45, 2.75) is 32.7 Å². The first-order valence-corrected chi connectivity index (χ1v) is 10.0. The van der Waals surface area contributed by atoms with Crippen LogP contribution in [0.15, 0.2) is 60.3 Å². The number of para-hydroxylation sites is 1. The van der Waals surface area contributed by atoms with Crippen LogP contribution in [-0.2, 0) is 4.79 Å². The maximum atomic E-state index is 13.4. The van der Waals surface area contributed by atoms with E-state index in [4.69, 9.17) is 4.74 Å². The van der Waals surface area contributed by atoms with Gasteiger partial charge in [-0.1, -0.05) is 38.1 Å². The first kappa shape index (κ1) is 17.9. The molecule has 1 N–H and O–H groups in total. The van der Waals surface area contributed by atoms with Gasteiger partial charge in [0.25, 0.3) is 0 Å². The van der Waals surface area contributed by atoms with E-state index in [1.54, 1.807) is 7.11 Å². The molecular weight excluding hydrogens is 360 g/mol. The quantitative estimate of drug-likeness (QED) is 0.629. The number of anilines is 1. The van der Waals surface area contributed by atoms with E-state index < -0.39 is 0 Å². The fourth-order valence-corrected chi connectivity index (χ4v) is 4.86. The molecule has 1 aromatic heterocycles. The van der Waals surface area contributed by atoms with E-state index >= 15 is 0 Å². The van der Waals surface area contributed by atoms with Crippen molar-refractivity contribution in [2.24, 2.45) is 5.41 Å². The minimum absolute atomic E-state index is 0.0692. The van der Waals surface area contributed by atoms with Crippen molar-refractivity contribution in [3.8, 4) is 5.75 Å². The summed E-state index contributed by atoms with van der Waals surface area (Å²) in [6, 6.07) is 15.9. The van der Waals surface area contributed by atoms with Gasteiger partial charge in [0.1, 0.15) is 5.75 Å². The highest BCUT2D eigenvalue weighted by molar-refractivity contribution is 6.12. The van der Waals surface area contributed by atoms with E-state index in [2.05, 4.69) is 36.3 Å². The number of carbonyl (C=O) groups is 1. The van der Waals surface area contributed by atoms with Gasteiger partial charge in [-0.15, -0.1) is 0 Å². The Labute approximate surface area is 170 Å². The number of fused-ring (bicyclic) bond motifs is 4. The van der Waals surface area contributed by atoms with Crippen LogP contribution in [0.5, 0.6) is 5.75 Å². The van der Waals surface area contributed by atoms with Gasteiger partial charge in [-0.3, -0.25) is 9.78 Å². The lowest BCUT2D eigenvalue weighted by molar-refractivity contribution is -0.118. The van der Waals surface area contributed by atoms with Gasteiger partial charge in [0, 0.05) is 40.4 Å². The standard InChI is InChI=1S/C25H24N2O2/c1-25(2)13-17-22-15-8-6-12-26-18(15)10-11-19(22)27-24(23(17)20(28)14-25)16-7-4-5-9-21(16)29-3/h4-12,24,27H,13-14H2,1-3H3. The first-order chi connectivity index (χ1) is 14.0. The molecule has 3 aromatic rings. The van der Waals surface area contributed by atoms with E-state index in [9.17, 15) is 4.79 Å². The van der Waals surface area contributed by atoms with Crippen LogP contribution < -0.4 is 10.1 Å². The van der Waals surface area contributed by atoms with Crippen LogP contribution in [-0.4, -0.2) is 17.9 Å². The van der Waals surface area contributed by atoms with Gasteiger partial charge in [-0.2, -0.15) is 0 Å². The SMILES string of the molecule is COc1ccccc1C1Nc2ccc3ncccc3c2C2=C1C(=O)CC(C)(C)C2.